The van der Waals surface area contributed by atoms with E-state index in [1.807, 2.05) is 13.8 Å². The predicted molar refractivity (Wildman–Crippen MR) is 46.7 cm³/mol. The molecule has 4 nitrogen and oxygen atoms in total. The number of carbonyl (C=O) groups is 2. The van der Waals surface area contributed by atoms with Gasteiger partial charge in [-0.25, -0.2) is 0 Å². The van der Waals surface area contributed by atoms with Crippen LogP contribution < -0.4 is 0 Å². The fraction of sp³-hybridized carbons (Fsp3) is 0.750. The molecule has 0 aromatic rings. The molecule has 12 heavy (non-hydrogen) atoms. The van der Waals surface area contributed by atoms with Crippen molar-refractivity contribution in [3.05, 3.63) is 0 Å². The van der Waals surface area contributed by atoms with Gasteiger partial charge >= 0.3 is 5.97 Å². The monoisotopic (exact) mass is 175 g/mol. The van der Waals surface area contributed by atoms with Crippen LogP contribution in [0.4, 0.5) is 0 Å². The van der Waals surface area contributed by atoms with E-state index < -0.39 is 5.97 Å². The Hall–Kier alpha value is -1.06. The molecule has 0 bridgehead atoms. The van der Waals surface area contributed by atoms with Crippen LogP contribution in [0.2, 0.25) is 0 Å². The van der Waals surface area contributed by atoms with Crippen molar-refractivity contribution >= 4 is 11.9 Å². The lowest BCUT2D eigenvalue weighted by atomic mass is 10.5. The van der Waals surface area contributed by atoms with Gasteiger partial charge in [-0.1, -0.05) is 13.8 Å². The van der Waals surface area contributed by atoms with E-state index in [0.29, 0.717) is 0 Å². The van der Waals surface area contributed by atoms with Gasteiger partial charge in [0.05, 0.1) is 7.11 Å². The summed E-state index contributed by atoms with van der Waals surface area (Å²) < 4.78 is 4.34. The van der Waals surface area contributed by atoms with Crippen molar-refractivity contribution in [1.82, 2.24) is 4.90 Å². The molecule has 0 N–H and O–H groups in total. The van der Waals surface area contributed by atoms with E-state index in [9.17, 15) is 9.59 Å². The molecule has 0 unspecified atom stereocenters. The molecule has 0 heterocycles. The fourth-order valence-electron chi connectivity index (χ4n) is 0.370. The molecule has 0 fully saturated rings. The van der Waals surface area contributed by atoms with Crippen LogP contribution in [0.25, 0.3) is 0 Å². The molecule has 0 saturated heterocycles. The van der Waals surface area contributed by atoms with Gasteiger partial charge in [-0.3, -0.25) is 9.59 Å². The predicted octanol–water partition coefficient (Wildman–Crippen LogP) is 0.664. The topological polar surface area (TPSA) is 46.6 Å². The van der Waals surface area contributed by atoms with Crippen LogP contribution >= 0.6 is 0 Å². The summed E-state index contributed by atoms with van der Waals surface area (Å²) in [5.41, 5.74) is 0. The van der Waals surface area contributed by atoms with Gasteiger partial charge in [-0.15, -0.1) is 0 Å². The van der Waals surface area contributed by atoms with E-state index in [1.54, 1.807) is 7.05 Å². The Balaban J connectivity index is 0. The maximum Gasteiger partial charge on any atom is 0.325 e. The fourth-order valence-corrected chi connectivity index (χ4v) is 0.370. The van der Waals surface area contributed by atoms with Gasteiger partial charge in [0.1, 0.15) is 6.54 Å². The van der Waals surface area contributed by atoms with Gasteiger partial charge in [-0.05, 0) is 0 Å². The number of carbonyl (C=O) groups excluding carboxylic acids is 2. The lowest BCUT2D eigenvalue weighted by molar-refractivity contribution is -0.145. The number of nitrogens with zero attached hydrogens (tertiary/aromatic N) is 1. The highest BCUT2D eigenvalue weighted by molar-refractivity contribution is 5.80. The van der Waals surface area contributed by atoms with E-state index in [4.69, 9.17) is 0 Å². The quantitative estimate of drug-likeness (QED) is 0.579. The van der Waals surface area contributed by atoms with E-state index in [0.717, 1.165) is 0 Å². The van der Waals surface area contributed by atoms with E-state index in [-0.39, 0.29) is 12.5 Å². The number of esters is 1. The van der Waals surface area contributed by atoms with Gasteiger partial charge in [0.2, 0.25) is 5.91 Å². The smallest absolute Gasteiger partial charge is 0.325 e. The average Bonchev–Trinajstić information content (AvgIpc) is 2.07. The van der Waals surface area contributed by atoms with Crippen molar-refractivity contribution in [2.24, 2.45) is 0 Å². The normalized spacial score (nSPS) is 7.75. The largest absolute Gasteiger partial charge is 0.468 e. The molecule has 0 rings (SSSR count). The molecule has 4 heteroatoms. The Morgan fingerprint density at radius 3 is 2.00 bits per heavy atom. The highest BCUT2D eigenvalue weighted by Crippen LogP contribution is 1.83. The Morgan fingerprint density at radius 1 is 1.33 bits per heavy atom. The number of amides is 1. The van der Waals surface area contributed by atoms with Crippen LogP contribution in [0, 0.1) is 0 Å². The third-order valence-corrected chi connectivity index (χ3v) is 1.13. The summed E-state index contributed by atoms with van der Waals surface area (Å²) in [5.74, 6) is -0.553. The van der Waals surface area contributed by atoms with Crippen molar-refractivity contribution in [3.63, 3.8) is 0 Å². The molecule has 0 aliphatic carbocycles. The zero-order chi connectivity index (χ0) is 10.1. The van der Waals surface area contributed by atoms with E-state index >= 15 is 0 Å². The molecule has 0 atom stereocenters. The Kier molecular flexibility index (Phi) is 9.06. The lowest BCUT2D eigenvalue weighted by Crippen LogP contribution is -2.30. The first-order chi connectivity index (χ1) is 5.57. The van der Waals surface area contributed by atoms with Crippen molar-refractivity contribution < 1.29 is 14.3 Å². The molecular formula is C8H17NO3. The highest BCUT2D eigenvalue weighted by Gasteiger charge is 2.07. The van der Waals surface area contributed by atoms with Gasteiger partial charge in [0, 0.05) is 14.0 Å². The minimum Gasteiger partial charge on any atom is -0.468 e. The molecule has 0 aromatic carbocycles. The number of likely N-dealkylation sites (N-methyl/N-ethyl adjacent to an activating group) is 1. The summed E-state index contributed by atoms with van der Waals surface area (Å²) in [5, 5.41) is 0. The third kappa shape index (κ3) is 7.05. The van der Waals surface area contributed by atoms with Crippen molar-refractivity contribution in [3.8, 4) is 0 Å². The summed E-state index contributed by atoms with van der Waals surface area (Å²) >= 11 is 0. The second kappa shape index (κ2) is 8.04. The van der Waals surface area contributed by atoms with Gasteiger partial charge in [-0.2, -0.15) is 0 Å². The molecule has 72 valence electrons. The number of ether oxygens (including phenoxy) is 1. The Labute approximate surface area is 73.5 Å². The van der Waals surface area contributed by atoms with Crippen molar-refractivity contribution in [2.75, 3.05) is 20.7 Å². The first kappa shape index (κ1) is 13.5. The number of hydrogen-bond acceptors (Lipinski definition) is 3. The third-order valence-electron chi connectivity index (χ3n) is 1.13. The maximum atomic E-state index is 10.5. The average molecular weight is 175 g/mol. The first-order valence-corrected chi connectivity index (χ1v) is 3.86. The van der Waals surface area contributed by atoms with Gasteiger partial charge < -0.3 is 9.64 Å². The Bertz CT molecular complexity index is 145. The van der Waals surface area contributed by atoms with Crippen LogP contribution in [0.1, 0.15) is 20.8 Å². The second-order valence-corrected chi connectivity index (χ2v) is 1.95. The maximum absolute atomic E-state index is 10.5. The molecule has 0 spiro atoms. The molecule has 0 aliphatic heterocycles. The first-order valence-electron chi connectivity index (χ1n) is 3.86. The molecular weight excluding hydrogens is 158 g/mol. The van der Waals surface area contributed by atoms with Crippen molar-refractivity contribution in [1.29, 1.82) is 0 Å². The highest BCUT2D eigenvalue weighted by atomic mass is 16.5. The van der Waals surface area contributed by atoms with Gasteiger partial charge in [0.25, 0.3) is 0 Å². The number of methoxy groups -OCH3 is 1. The van der Waals surface area contributed by atoms with Crippen LogP contribution in [-0.2, 0) is 14.3 Å². The molecule has 0 aromatic heterocycles. The van der Waals surface area contributed by atoms with Crippen LogP contribution in [0.15, 0.2) is 0 Å². The van der Waals surface area contributed by atoms with Crippen LogP contribution in [0.5, 0.6) is 0 Å². The number of rotatable bonds is 2. The molecule has 0 saturated carbocycles. The molecule has 1 amide bonds. The summed E-state index contributed by atoms with van der Waals surface area (Å²) in [6.07, 6.45) is 0. The summed E-state index contributed by atoms with van der Waals surface area (Å²) in [4.78, 5) is 22.3. The zero-order valence-electron chi connectivity index (χ0n) is 8.38. The summed E-state index contributed by atoms with van der Waals surface area (Å²) in [6.45, 7) is 5.41. The lowest BCUT2D eigenvalue weighted by Gasteiger charge is -2.11. The minimum atomic E-state index is -0.405. The van der Waals surface area contributed by atoms with Crippen LogP contribution in [-0.4, -0.2) is 37.5 Å². The Morgan fingerprint density at radius 2 is 1.75 bits per heavy atom. The standard InChI is InChI=1S/C6H11NO3.C2H6/c1-5(8)7(2)4-6(9)10-3;1-2/h4H2,1-3H3;1-2H3. The molecule has 0 radical (unpaired) electrons. The molecule has 0 aliphatic rings. The van der Waals surface area contributed by atoms with E-state index in [1.165, 1.54) is 18.9 Å². The van der Waals surface area contributed by atoms with Crippen LogP contribution in [0.3, 0.4) is 0 Å². The second-order valence-electron chi connectivity index (χ2n) is 1.95. The van der Waals surface area contributed by atoms with Crippen molar-refractivity contribution in [2.45, 2.75) is 20.8 Å². The summed E-state index contributed by atoms with van der Waals surface area (Å²) in [6, 6.07) is 0. The minimum absolute atomic E-state index is 0.0197. The van der Waals surface area contributed by atoms with E-state index in [2.05, 4.69) is 4.74 Å². The number of hydrogen-bond donors (Lipinski definition) is 0. The zero-order valence-corrected chi connectivity index (χ0v) is 8.38. The van der Waals surface area contributed by atoms with Gasteiger partial charge in [0.15, 0.2) is 0 Å². The summed E-state index contributed by atoms with van der Waals surface area (Å²) in [7, 11) is 2.83. The SMILES string of the molecule is CC.COC(=O)CN(C)C(C)=O.